The molecule has 0 unspecified atom stereocenters. The Hall–Kier alpha value is -0.0900. The van der Waals surface area contributed by atoms with Crippen LogP contribution in [0.3, 0.4) is 0 Å². The lowest BCUT2D eigenvalue weighted by atomic mass is 10.0. The number of thiophene rings is 1. The van der Waals surface area contributed by atoms with E-state index in [0.717, 1.165) is 6.42 Å². The normalized spacial score (nSPS) is 11.0. The fraction of sp³-hybridized carbons (Fsp3) is 0.273. The van der Waals surface area contributed by atoms with E-state index in [1.807, 2.05) is 11.3 Å². The van der Waals surface area contributed by atoms with Gasteiger partial charge >= 0.3 is 0 Å². The topological polar surface area (TPSA) is 0 Å². The van der Waals surface area contributed by atoms with Crippen molar-refractivity contribution in [2.24, 2.45) is 0 Å². The van der Waals surface area contributed by atoms with Gasteiger partial charge in [-0.1, -0.05) is 6.92 Å². The molecule has 13 heavy (non-hydrogen) atoms. The predicted octanol–water partition coefficient (Wildman–Crippen LogP) is 4.38. The standard InChI is InChI=1S/C11H11IS/c1-3-9-7(2)10(12)6-8-4-5-13-11(8)9/h4-6H,3H2,1-2H3. The summed E-state index contributed by atoms with van der Waals surface area (Å²) in [5.41, 5.74) is 2.98. The summed E-state index contributed by atoms with van der Waals surface area (Å²) in [6.07, 6.45) is 1.14. The molecule has 1 aromatic heterocycles. The van der Waals surface area contributed by atoms with E-state index in [1.54, 1.807) is 0 Å². The highest BCUT2D eigenvalue weighted by molar-refractivity contribution is 14.1. The first kappa shape index (κ1) is 9.46. The number of hydrogen-bond donors (Lipinski definition) is 0. The van der Waals surface area contributed by atoms with Crippen molar-refractivity contribution in [3.63, 3.8) is 0 Å². The van der Waals surface area contributed by atoms with Gasteiger partial charge in [-0.15, -0.1) is 11.3 Å². The molecule has 0 nitrogen and oxygen atoms in total. The molecule has 0 saturated carbocycles. The molecule has 2 aromatic rings. The third-order valence-electron chi connectivity index (χ3n) is 2.42. The first-order valence-electron chi connectivity index (χ1n) is 4.39. The zero-order valence-corrected chi connectivity index (χ0v) is 10.7. The summed E-state index contributed by atoms with van der Waals surface area (Å²) in [4.78, 5) is 0. The zero-order valence-electron chi connectivity index (χ0n) is 7.73. The molecule has 0 N–H and O–H groups in total. The lowest BCUT2D eigenvalue weighted by Gasteiger charge is -2.06. The fourth-order valence-corrected chi connectivity index (χ4v) is 3.38. The molecule has 0 radical (unpaired) electrons. The van der Waals surface area contributed by atoms with Crippen LogP contribution >= 0.6 is 33.9 Å². The molecule has 0 atom stereocenters. The lowest BCUT2D eigenvalue weighted by Crippen LogP contribution is -1.89. The molecular formula is C11H11IS. The summed E-state index contributed by atoms with van der Waals surface area (Å²) in [5, 5.41) is 3.58. The van der Waals surface area contributed by atoms with Crippen LogP contribution in [0.1, 0.15) is 18.1 Å². The van der Waals surface area contributed by atoms with E-state index in [0.29, 0.717) is 0 Å². The van der Waals surface area contributed by atoms with Gasteiger partial charge < -0.3 is 0 Å². The van der Waals surface area contributed by atoms with Crippen molar-refractivity contribution >= 4 is 44.0 Å². The quantitative estimate of drug-likeness (QED) is 0.686. The van der Waals surface area contributed by atoms with Crippen LogP contribution in [-0.2, 0) is 6.42 Å². The van der Waals surface area contributed by atoms with Crippen molar-refractivity contribution in [2.75, 3.05) is 0 Å². The molecule has 2 rings (SSSR count). The smallest absolute Gasteiger partial charge is 0.0377 e. The Balaban J connectivity index is 2.87. The summed E-state index contributed by atoms with van der Waals surface area (Å²) < 4.78 is 2.86. The first-order valence-corrected chi connectivity index (χ1v) is 6.35. The third-order valence-corrected chi connectivity index (χ3v) is 4.53. The average Bonchev–Trinajstić information content (AvgIpc) is 2.54. The minimum atomic E-state index is 1.14. The van der Waals surface area contributed by atoms with Gasteiger partial charge in [-0.2, -0.15) is 0 Å². The summed E-state index contributed by atoms with van der Waals surface area (Å²) in [5.74, 6) is 0. The molecule has 0 aliphatic carbocycles. The largest absolute Gasteiger partial charge is 0.144 e. The van der Waals surface area contributed by atoms with Crippen LogP contribution < -0.4 is 0 Å². The molecule has 1 heterocycles. The van der Waals surface area contributed by atoms with Crippen LogP contribution in [0.15, 0.2) is 17.5 Å². The van der Waals surface area contributed by atoms with Crippen LogP contribution in [0.4, 0.5) is 0 Å². The number of halogens is 1. The Morgan fingerprint density at radius 3 is 2.92 bits per heavy atom. The van der Waals surface area contributed by atoms with Crippen molar-refractivity contribution in [3.05, 3.63) is 32.2 Å². The van der Waals surface area contributed by atoms with Gasteiger partial charge in [0, 0.05) is 8.27 Å². The highest BCUT2D eigenvalue weighted by atomic mass is 127. The van der Waals surface area contributed by atoms with Gasteiger partial charge in [0.05, 0.1) is 0 Å². The van der Waals surface area contributed by atoms with Crippen LogP contribution in [0, 0.1) is 10.5 Å². The van der Waals surface area contributed by atoms with Crippen LogP contribution in [0.5, 0.6) is 0 Å². The molecule has 1 aromatic carbocycles. The molecular weight excluding hydrogens is 291 g/mol. The van der Waals surface area contributed by atoms with Crippen LogP contribution in [-0.4, -0.2) is 0 Å². The van der Waals surface area contributed by atoms with Gasteiger partial charge in [0.25, 0.3) is 0 Å². The maximum atomic E-state index is 2.42. The Morgan fingerprint density at radius 2 is 2.23 bits per heavy atom. The van der Waals surface area contributed by atoms with Crippen molar-refractivity contribution in [1.82, 2.24) is 0 Å². The van der Waals surface area contributed by atoms with E-state index in [1.165, 1.54) is 24.8 Å². The summed E-state index contributed by atoms with van der Waals surface area (Å²) >= 11 is 4.28. The van der Waals surface area contributed by atoms with Gasteiger partial charge in [-0.3, -0.25) is 0 Å². The second kappa shape index (κ2) is 3.58. The van der Waals surface area contributed by atoms with Crippen molar-refractivity contribution in [2.45, 2.75) is 20.3 Å². The number of rotatable bonds is 1. The molecule has 0 fully saturated rings. The van der Waals surface area contributed by atoms with Gasteiger partial charge in [0.1, 0.15) is 0 Å². The Morgan fingerprint density at radius 1 is 1.46 bits per heavy atom. The minimum Gasteiger partial charge on any atom is -0.144 e. The van der Waals surface area contributed by atoms with E-state index in [9.17, 15) is 0 Å². The fourth-order valence-electron chi connectivity index (χ4n) is 1.66. The molecule has 0 aliphatic rings. The first-order chi connectivity index (χ1) is 6.24. The Bertz CT molecular complexity index is 443. The highest BCUT2D eigenvalue weighted by Gasteiger charge is 2.07. The number of benzene rings is 1. The zero-order chi connectivity index (χ0) is 9.42. The summed E-state index contributed by atoms with van der Waals surface area (Å²) in [7, 11) is 0. The van der Waals surface area contributed by atoms with Crippen molar-refractivity contribution < 1.29 is 0 Å². The van der Waals surface area contributed by atoms with Crippen molar-refractivity contribution in [3.8, 4) is 0 Å². The lowest BCUT2D eigenvalue weighted by molar-refractivity contribution is 1.13. The molecule has 0 spiro atoms. The van der Waals surface area contributed by atoms with E-state index >= 15 is 0 Å². The van der Waals surface area contributed by atoms with E-state index < -0.39 is 0 Å². The van der Waals surface area contributed by atoms with Gasteiger partial charge in [-0.25, -0.2) is 0 Å². The number of fused-ring (bicyclic) bond motifs is 1. The SMILES string of the molecule is CCc1c(C)c(I)cc2ccsc12. The van der Waals surface area contributed by atoms with Crippen LogP contribution in [0.25, 0.3) is 10.1 Å². The maximum absolute atomic E-state index is 2.42. The van der Waals surface area contributed by atoms with Gasteiger partial charge in [0.15, 0.2) is 0 Å². The highest BCUT2D eigenvalue weighted by Crippen LogP contribution is 2.30. The molecule has 0 bridgehead atoms. The molecule has 0 amide bonds. The maximum Gasteiger partial charge on any atom is 0.0377 e. The molecule has 68 valence electrons. The Kier molecular flexibility index (Phi) is 2.60. The Labute approximate surface area is 96.1 Å². The van der Waals surface area contributed by atoms with Crippen LogP contribution in [0.2, 0.25) is 0 Å². The van der Waals surface area contributed by atoms with Gasteiger partial charge in [-0.05, 0) is 70.0 Å². The van der Waals surface area contributed by atoms with E-state index in [-0.39, 0.29) is 0 Å². The van der Waals surface area contributed by atoms with Gasteiger partial charge in [0.2, 0.25) is 0 Å². The summed E-state index contributed by atoms with van der Waals surface area (Å²) in [6.45, 7) is 4.46. The van der Waals surface area contributed by atoms with Crippen molar-refractivity contribution in [1.29, 1.82) is 0 Å². The number of aryl methyl sites for hydroxylation is 1. The number of hydrogen-bond acceptors (Lipinski definition) is 1. The van der Waals surface area contributed by atoms with E-state index in [2.05, 4.69) is 54.0 Å². The monoisotopic (exact) mass is 302 g/mol. The minimum absolute atomic E-state index is 1.14. The predicted molar refractivity (Wildman–Crippen MR) is 68.7 cm³/mol. The molecule has 2 heteroatoms. The molecule has 0 saturated heterocycles. The summed E-state index contributed by atoms with van der Waals surface area (Å²) in [6, 6.07) is 4.49. The second-order valence-electron chi connectivity index (χ2n) is 3.15. The third kappa shape index (κ3) is 1.50. The second-order valence-corrected chi connectivity index (χ2v) is 5.23. The molecule has 0 aliphatic heterocycles. The van der Waals surface area contributed by atoms with E-state index in [4.69, 9.17) is 0 Å². The average molecular weight is 302 g/mol.